The lowest BCUT2D eigenvalue weighted by atomic mass is 10.4. The Kier molecular flexibility index (Phi) is 4.46. The Morgan fingerprint density at radius 2 is 2.25 bits per heavy atom. The van der Waals surface area contributed by atoms with E-state index in [0.717, 1.165) is 12.7 Å². The lowest BCUT2D eigenvalue weighted by molar-refractivity contribution is 0.0880. The number of aryl methyl sites for hydroxylation is 1. The van der Waals surface area contributed by atoms with Gasteiger partial charge in [0.1, 0.15) is 10.7 Å². The zero-order chi connectivity index (χ0) is 14.8. The third kappa shape index (κ3) is 4.06. The lowest BCUT2D eigenvalue weighted by Crippen LogP contribution is -2.27. The Morgan fingerprint density at radius 1 is 1.55 bits per heavy atom. The van der Waals surface area contributed by atoms with Crippen molar-refractivity contribution >= 4 is 15.9 Å². The number of amides is 1. The van der Waals surface area contributed by atoms with Crippen LogP contribution in [0.3, 0.4) is 0 Å². The van der Waals surface area contributed by atoms with Crippen molar-refractivity contribution in [2.45, 2.75) is 24.7 Å². The highest BCUT2D eigenvalue weighted by Gasteiger charge is 2.22. The summed E-state index contributed by atoms with van der Waals surface area (Å²) in [4.78, 5) is 11.6. The van der Waals surface area contributed by atoms with E-state index in [1.54, 1.807) is 0 Å². The zero-order valence-electron chi connectivity index (χ0n) is 11.2. The first-order valence-corrected chi connectivity index (χ1v) is 7.91. The van der Waals surface area contributed by atoms with Crippen LogP contribution in [-0.2, 0) is 14.8 Å². The van der Waals surface area contributed by atoms with Crippen LogP contribution in [0, 0.1) is 12.8 Å². The van der Waals surface area contributed by atoms with Gasteiger partial charge in [0.2, 0.25) is 10.0 Å². The third-order valence-corrected chi connectivity index (χ3v) is 4.00. The maximum atomic E-state index is 11.8. The minimum absolute atomic E-state index is 0.0753. The van der Waals surface area contributed by atoms with E-state index >= 15 is 0 Å². The number of primary sulfonamides is 1. The lowest BCUT2D eigenvalue weighted by Gasteiger charge is -2.04. The predicted octanol–water partition coefficient (Wildman–Crippen LogP) is 0.392. The molecule has 1 aromatic heterocycles. The van der Waals surface area contributed by atoms with Crippen molar-refractivity contribution in [1.29, 1.82) is 0 Å². The molecule has 1 aliphatic rings. The highest BCUT2D eigenvalue weighted by Crippen LogP contribution is 2.28. The van der Waals surface area contributed by atoms with E-state index in [9.17, 15) is 13.2 Å². The van der Waals surface area contributed by atoms with Crippen molar-refractivity contribution in [2.24, 2.45) is 11.1 Å². The fourth-order valence-corrected chi connectivity index (χ4v) is 2.43. The first kappa shape index (κ1) is 15.0. The van der Waals surface area contributed by atoms with Crippen LogP contribution < -0.4 is 10.5 Å². The highest BCUT2D eigenvalue weighted by molar-refractivity contribution is 7.89. The van der Waals surface area contributed by atoms with Crippen LogP contribution in [0.15, 0.2) is 15.4 Å². The third-order valence-electron chi connectivity index (χ3n) is 2.98. The van der Waals surface area contributed by atoms with Gasteiger partial charge in [0.15, 0.2) is 5.76 Å². The van der Waals surface area contributed by atoms with E-state index in [0.29, 0.717) is 19.1 Å². The Morgan fingerprint density at radius 3 is 2.80 bits per heavy atom. The van der Waals surface area contributed by atoms with E-state index in [-0.39, 0.29) is 16.4 Å². The van der Waals surface area contributed by atoms with Crippen LogP contribution in [0.2, 0.25) is 0 Å². The second-order valence-corrected chi connectivity index (χ2v) is 6.38. The average molecular weight is 302 g/mol. The van der Waals surface area contributed by atoms with Gasteiger partial charge in [0.25, 0.3) is 5.91 Å². The van der Waals surface area contributed by atoms with Crippen molar-refractivity contribution in [3.05, 3.63) is 17.6 Å². The summed E-state index contributed by atoms with van der Waals surface area (Å²) in [6.07, 6.45) is 2.43. The molecule has 0 spiro atoms. The van der Waals surface area contributed by atoms with Crippen LogP contribution in [0.25, 0.3) is 0 Å². The Labute approximate surface area is 117 Å². The summed E-state index contributed by atoms with van der Waals surface area (Å²) >= 11 is 0. The minimum Gasteiger partial charge on any atom is -0.455 e. The molecule has 2 rings (SSSR count). The Balaban J connectivity index is 1.82. The quantitative estimate of drug-likeness (QED) is 0.708. The summed E-state index contributed by atoms with van der Waals surface area (Å²) in [5, 5.41) is 7.60. The molecule has 1 saturated carbocycles. The second kappa shape index (κ2) is 5.94. The number of carbonyl (C=O) groups is 1. The van der Waals surface area contributed by atoms with Gasteiger partial charge in [-0.2, -0.15) is 0 Å². The summed E-state index contributed by atoms with van der Waals surface area (Å²) in [5.41, 5.74) is 0. The Bertz CT molecular complexity index is 589. The normalized spacial score (nSPS) is 15.3. The van der Waals surface area contributed by atoms with Crippen molar-refractivity contribution < 1.29 is 22.4 Å². The largest absolute Gasteiger partial charge is 0.455 e. The fourth-order valence-electron chi connectivity index (χ4n) is 1.72. The molecule has 0 bridgehead atoms. The maximum Gasteiger partial charge on any atom is 0.287 e. The molecule has 1 aromatic rings. The first-order chi connectivity index (χ1) is 9.38. The Hall–Kier alpha value is -1.38. The topological polar surface area (TPSA) is 112 Å². The van der Waals surface area contributed by atoms with E-state index in [1.165, 1.54) is 19.8 Å². The number of carbonyl (C=O) groups excluding carboxylic acids is 1. The van der Waals surface area contributed by atoms with Crippen molar-refractivity contribution in [1.82, 2.24) is 5.32 Å². The molecule has 1 heterocycles. The standard InChI is InChI=1S/C12H18N2O5S/c1-8-11(20(13,16)17)6-10(19-8)12(15)14-4-5-18-7-9-2-3-9/h6,9H,2-5,7H2,1H3,(H,14,15)(H2,13,16,17). The van der Waals surface area contributed by atoms with Crippen LogP contribution in [0.5, 0.6) is 0 Å². The minimum atomic E-state index is -3.88. The molecule has 3 N–H and O–H groups in total. The molecule has 1 amide bonds. The number of furan rings is 1. The van der Waals surface area contributed by atoms with Gasteiger partial charge in [-0.1, -0.05) is 0 Å². The molecule has 0 radical (unpaired) electrons. The van der Waals surface area contributed by atoms with Crippen LogP contribution in [0.1, 0.15) is 29.2 Å². The van der Waals surface area contributed by atoms with Crippen molar-refractivity contribution in [3.8, 4) is 0 Å². The van der Waals surface area contributed by atoms with Crippen LogP contribution in [-0.4, -0.2) is 34.1 Å². The molecule has 8 heteroatoms. The van der Waals surface area contributed by atoms with Crippen molar-refractivity contribution in [2.75, 3.05) is 19.8 Å². The van der Waals surface area contributed by atoms with E-state index < -0.39 is 15.9 Å². The van der Waals surface area contributed by atoms with Crippen molar-refractivity contribution in [3.63, 3.8) is 0 Å². The number of hydrogen-bond acceptors (Lipinski definition) is 5. The zero-order valence-corrected chi connectivity index (χ0v) is 12.0. The summed E-state index contributed by atoms with van der Waals surface area (Å²) in [5.74, 6) is 0.213. The number of ether oxygens (including phenoxy) is 1. The molecule has 7 nitrogen and oxygen atoms in total. The number of nitrogens with one attached hydrogen (secondary N) is 1. The molecule has 0 saturated heterocycles. The molecule has 0 atom stereocenters. The predicted molar refractivity (Wildman–Crippen MR) is 70.7 cm³/mol. The van der Waals surface area contributed by atoms with E-state index in [2.05, 4.69) is 5.32 Å². The smallest absolute Gasteiger partial charge is 0.287 e. The number of nitrogens with two attached hydrogens (primary N) is 1. The van der Waals surface area contributed by atoms with E-state index in [1.807, 2.05) is 0 Å². The molecule has 0 aliphatic heterocycles. The van der Waals surface area contributed by atoms with E-state index in [4.69, 9.17) is 14.3 Å². The highest BCUT2D eigenvalue weighted by atomic mass is 32.2. The van der Waals surface area contributed by atoms with Gasteiger partial charge >= 0.3 is 0 Å². The summed E-state index contributed by atoms with van der Waals surface area (Å²) in [7, 11) is -3.88. The van der Waals surface area contributed by atoms with Gasteiger partial charge in [0.05, 0.1) is 6.61 Å². The van der Waals surface area contributed by atoms with Gasteiger partial charge < -0.3 is 14.5 Å². The summed E-state index contributed by atoms with van der Waals surface area (Å²) in [6, 6.07) is 1.13. The van der Waals surface area contributed by atoms with Crippen LogP contribution >= 0.6 is 0 Å². The first-order valence-electron chi connectivity index (χ1n) is 6.37. The molecule has 112 valence electrons. The molecule has 20 heavy (non-hydrogen) atoms. The molecule has 1 aliphatic carbocycles. The second-order valence-electron chi connectivity index (χ2n) is 4.85. The number of sulfonamides is 1. The summed E-state index contributed by atoms with van der Waals surface area (Å²) in [6.45, 7) is 2.93. The van der Waals surface area contributed by atoms with Gasteiger partial charge in [-0.3, -0.25) is 4.79 Å². The molecule has 0 unspecified atom stereocenters. The van der Waals surface area contributed by atoms with Gasteiger partial charge in [-0.15, -0.1) is 0 Å². The van der Waals surface area contributed by atoms with Crippen LogP contribution in [0.4, 0.5) is 0 Å². The summed E-state index contributed by atoms with van der Waals surface area (Å²) < 4.78 is 32.9. The van der Waals surface area contributed by atoms with Gasteiger partial charge in [-0.25, -0.2) is 13.6 Å². The monoisotopic (exact) mass is 302 g/mol. The number of hydrogen-bond donors (Lipinski definition) is 2. The maximum absolute atomic E-state index is 11.8. The molecular formula is C12H18N2O5S. The fraction of sp³-hybridized carbons (Fsp3) is 0.583. The molecule has 1 fully saturated rings. The van der Waals surface area contributed by atoms with Gasteiger partial charge in [-0.05, 0) is 25.7 Å². The molecule has 0 aromatic carbocycles. The molecular weight excluding hydrogens is 284 g/mol. The number of rotatable bonds is 7. The average Bonchev–Trinajstić information content (AvgIpc) is 3.08. The SMILES string of the molecule is Cc1oc(C(=O)NCCOCC2CC2)cc1S(N)(=O)=O. The van der Waals surface area contributed by atoms with Gasteiger partial charge in [0, 0.05) is 19.2 Å².